The van der Waals surface area contributed by atoms with Gasteiger partial charge in [-0.1, -0.05) is 13.0 Å². The molecule has 0 saturated carbocycles. The highest BCUT2D eigenvalue weighted by atomic mass is 15.2. The first-order valence-corrected chi connectivity index (χ1v) is 3.52. The molecule has 2 nitrogen and oxygen atoms in total. The van der Waals surface area contributed by atoms with Gasteiger partial charge < -0.3 is 10.6 Å². The summed E-state index contributed by atoms with van der Waals surface area (Å²) in [6.07, 6.45) is 6.69. The first kappa shape index (κ1) is 6.62. The van der Waals surface area contributed by atoms with Crippen LogP contribution in [0.5, 0.6) is 0 Å². The molecule has 9 heavy (non-hydrogen) atoms. The van der Waals surface area contributed by atoms with Gasteiger partial charge in [-0.05, 0) is 19.0 Å². The van der Waals surface area contributed by atoms with Crippen LogP contribution in [-0.4, -0.2) is 17.6 Å². The predicted octanol–water partition coefficient (Wildman–Crippen LogP) is 0.901. The summed E-state index contributed by atoms with van der Waals surface area (Å²) in [4.78, 5) is 2.18. The van der Waals surface area contributed by atoms with E-state index < -0.39 is 0 Å². The Bertz CT molecular complexity index is 109. The molecular formula is C7H14N2. The summed E-state index contributed by atoms with van der Waals surface area (Å²) in [5.41, 5.74) is 5.75. The van der Waals surface area contributed by atoms with Crippen LogP contribution in [-0.2, 0) is 0 Å². The summed E-state index contributed by atoms with van der Waals surface area (Å²) < 4.78 is 0. The first-order valence-electron chi connectivity index (χ1n) is 3.52. The molecule has 0 spiro atoms. The van der Waals surface area contributed by atoms with E-state index in [0.29, 0.717) is 0 Å². The number of hydrogen-bond acceptors (Lipinski definition) is 2. The third kappa shape index (κ3) is 1.45. The summed E-state index contributed by atoms with van der Waals surface area (Å²) in [7, 11) is 0. The quantitative estimate of drug-likeness (QED) is 0.595. The summed E-state index contributed by atoms with van der Waals surface area (Å²) in [5.74, 6) is 0. The van der Waals surface area contributed by atoms with Crippen LogP contribution in [0.3, 0.4) is 0 Å². The van der Waals surface area contributed by atoms with Gasteiger partial charge in [0.05, 0.1) is 6.17 Å². The summed E-state index contributed by atoms with van der Waals surface area (Å²) in [5, 5.41) is 0. The van der Waals surface area contributed by atoms with Crippen molar-refractivity contribution in [2.45, 2.75) is 25.9 Å². The van der Waals surface area contributed by atoms with Crippen LogP contribution in [0.15, 0.2) is 12.3 Å². The Labute approximate surface area is 56.3 Å². The van der Waals surface area contributed by atoms with Crippen molar-refractivity contribution < 1.29 is 0 Å². The van der Waals surface area contributed by atoms with Crippen molar-refractivity contribution in [3.8, 4) is 0 Å². The Kier molecular flexibility index (Phi) is 2.11. The third-order valence-corrected chi connectivity index (χ3v) is 1.70. The normalized spacial score (nSPS) is 20.9. The molecule has 0 aromatic heterocycles. The Morgan fingerprint density at radius 2 is 2.56 bits per heavy atom. The second-order valence-electron chi connectivity index (χ2n) is 2.39. The summed E-state index contributed by atoms with van der Waals surface area (Å²) >= 11 is 0. The molecule has 0 fully saturated rings. The van der Waals surface area contributed by atoms with Crippen molar-refractivity contribution in [3.63, 3.8) is 0 Å². The van der Waals surface area contributed by atoms with Crippen LogP contribution in [0.2, 0.25) is 0 Å². The molecule has 52 valence electrons. The minimum Gasteiger partial charge on any atom is -0.362 e. The van der Waals surface area contributed by atoms with Crippen molar-refractivity contribution in [3.05, 3.63) is 12.3 Å². The molecule has 0 radical (unpaired) electrons. The van der Waals surface area contributed by atoms with Crippen LogP contribution in [0.1, 0.15) is 19.8 Å². The van der Waals surface area contributed by atoms with E-state index in [9.17, 15) is 0 Å². The molecule has 1 atom stereocenters. The van der Waals surface area contributed by atoms with E-state index in [2.05, 4.69) is 24.1 Å². The minimum atomic E-state index is 0.240. The fourth-order valence-electron chi connectivity index (χ4n) is 1.02. The van der Waals surface area contributed by atoms with Gasteiger partial charge in [0.2, 0.25) is 0 Å². The van der Waals surface area contributed by atoms with Crippen LogP contribution >= 0.6 is 0 Å². The average Bonchev–Trinajstić information content (AvgIpc) is 2.37. The monoisotopic (exact) mass is 126 g/mol. The second-order valence-corrected chi connectivity index (χ2v) is 2.39. The maximum absolute atomic E-state index is 5.75. The van der Waals surface area contributed by atoms with E-state index in [1.807, 2.05) is 0 Å². The van der Waals surface area contributed by atoms with Gasteiger partial charge in [-0.3, -0.25) is 0 Å². The van der Waals surface area contributed by atoms with E-state index in [-0.39, 0.29) is 6.17 Å². The third-order valence-electron chi connectivity index (χ3n) is 1.70. The van der Waals surface area contributed by atoms with Gasteiger partial charge in [-0.25, -0.2) is 0 Å². The molecule has 2 N–H and O–H groups in total. The van der Waals surface area contributed by atoms with Crippen LogP contribution in [0.4, 0.5) is 0 Å². The molecule has 0 aromatic rings. The Morgan fingerprint density at radius 3 is 3.00 bits per heavy atom. The SMILES string of the molecule is CCC(N)N1C=CCC1. The zero-order valence-electron chi connectivity index (χ0n) is 5.88. The van der Waals surface area contributed by atoms with Crippen LogP contribution in [0.25, 0.3) is 0 Å². The smallest absolute Gasteiger partial charge is 0.0762 e. The molecule has 1 heterocycles. The van der Waals surface area contributed by atoms with E-state index >= 15 is 0 Å². The fraction of sp³-hybridized carbons (Fsp3) is 0.714. The van der Waals surface area contributed by atoms with Crippen molar-refractivity contribution in [1.82, 2.24) is 4.90 Å². The zero-order valence-corrected chi connectivity index (χ0v) is 5.88. The van der Waals surface area contributed by atoms with E-state index in [0.717, 1.165) is 19.4 Å². The maximum Gasteiger partial charge on any atom is 0.0762 e. The molecule has 2 heteroatoms. The van der Waals surface area contributed by atoms with Gasteiger partial charge >= 0.3 is 0 Å². The van der Waals surface area contributed by atoms with Gasteiger partial charge in [-0.2, -0.15) is 0 Å². The molecule has 1 aliphatic heterocycles. The van der Waals surface area contributed by atoms with Gasteiger partial charge in [0.25, 0.3) is 0 Å². The fourth-order valence-corrected chi connectivity index (χ4v) is 1.02. The van der Waals surface area contributed by atoms with Crippen molar-refractivity contribution >= 4 is 0 Å². The standard InChI is InChI=1S/C7H14N2/c1-2-7(8)9-5-3-4-6-9/h3,5,7H,2,4,6,8H2,1H3. The van der Waals surface area contributed by atoms with Crippen molar-refractivity contribution in [1.29, 1.82) is 0 Å². The number of hydrogen-bond donors (Lipinski definition) is 1. The minimum absolute atomic E-state index is 0.240. The topological polar surface area (TPSA) is 29.3 Å². The maximum atomic E-state index is 5.75. The van der Waals surface area contributed by atoms with E-state index in [1.165, 1.54) is 0 Å². The van der Waals surface area contributed by atoms with Gasteiger partial charge in [0, 0.05) is 6.54 Å². The van der Waals surface area contributed by atoms with E-state index in [1.54, 1.807) is 0 Å². The lowest BCUT2D eigenvalue weighted by Gasteiger charge is -2.22. The molecule has 0 bridgehead atoms. The van der Waals surface area contributed by atoms with Gasteiger partial charge in [0.15, 0.2) is 0 Å². The summed E-state index contributed by atoms with van der Waals surface area (Å²) in [6.45, 7) is 3.21. The van der Waals surface area contributed by atoms with Crippen LogP contribution in [0, 0.1) is 0 Å². The lowest BCUT2D eigenvalue weighted by Crippen LogP contribution is -2.36. The van der Waals surface area contributed by atoms with Crippen molar-refractivity contribution in [2.24, 2.45) is 5.73 Å². The highest BCUT2D eigenvalue weighted by Crippen LogP contribution is 2.07. The highest BCUT2D eigenvalue weighted by Gasteiger charge is 2.09. The second kappa shape index (κ2) is 2.87. The Balaban J connectivity index is 2.33. The number of nitrogens with two attached hydrogens (primary N) is 1. The Morgan fingerprint density at radius 1 is 1.78 bits per heavy atom. The first-order chi connectivity index (χ1) is 4.34. The highest BCUT2D eigenvalue weighted by molar-refractivity contribution is 4.92. The van der Waals surface area contributed by atoms with Crippen molar-refractivity contribution in [2.75, 3.05) is 6.54 Å². The molecule has 1 unspecified atom stereocenters. The van der Waals surface area contributed by atoms with E-state index in [4.69, 9.17) is 5.73 Å². The average molecular weight is 126 g/mol. The van der Waals surface area contributed by atoms with Crippen LogP contribution < -0.4 is 5.73 Å². The zero-order chi connectivity index (χ0) is 6.69. The lowest BCUT2D eigenvalue weighted by atomic mass is 10.3. The Hall–Kier alpha value is -0.500. The molecule has 0 amide bonds. The lowest BCUT2D eigenvalue weighted by molar-refractivity contribution is 0.295. The number of nitrogens with zero attached hydrogens (tertiary/aromatic N) is 1. The number of rotatable bonds is 2. The summed E-state index contributed by atoms with van der Waals surface area (Å²) in [6, 6.07) is 0. The molecular weight excluding hydrogens is 112 g/mol. The molecule has 1 aliphatic rings. The predicted molar refractivity (Wildman–Crippen MR) is 38.7 cm³/mol. The molecule has 0 aliphatic carbocycles. The molecule has 1 rings (SSSR count). The van der Waals surface area contributed by atoms with Gasteiger partial charge in [0.1, 0.15) is 0 Å². The van der Waals surface area contributed by atoms with Gasteiger partial charge in [-0.15, -0.1) is 0 Å². The molecule has 0 saturated heterocycles. The molecule has 0 aromatic carbocycles. The largest absolute Gasteiger partial charge is 0.362 e.